The van der Waals surface area contributed by atoms with E-state index in [-0.39, 0.29) is 16.8 Å². The van der Waals surface area contributed by atoms with Crippen molar-refractivity contribution in [3.8, 4) is 23.0 Å². The normalized spacial score (nSPS) is 11.1. The fraction of sp³-hybridized carbons (Fsp3) is 0.0455. The number of aromatic nitrogens is 2. The van der Waals surface area contributed by atoms with Crippen molar-refractivity contribution in [3.63, 3.8) is 0 Å². The number of carbonyl (C=O) groups excluding carboxylic acids is 1. The van der Waals surface area contributed by atoms with E-state index in [0.29, 0.717) is 22.6 Å². The molecule has 4 aromatic rings. The second kappa shape index (κ2) is 8.41. The van der Waals surface area contributed by atoms with E-state index in [1.807, 2.05) is 30.3 Å². The summed E-state index contributed by atoms with van der Waals surface area (Å²) in [5.41, 5.74) is 0.765. The third-order valence-corrected chi connectivity index (χ3v) is 5.34. The van der Waals surface area contributed by atoms with E-state index >= 15 is 0 Å². The predicted octanol–water partition coefficient (Wildman–Crippen LogP) is 4.18. The number of rotatable bonds is 6. The van der Waals surface area contributed by atoms with E-state index in [1.165, 1.54) is 12.1 Å². The monoisotopic (exact) mass is 435 g/mol. The molecule has 0 saturated heterocycles. The van der Waals surface area contributed by atoms with Gasteiger partial charge >= 0.3 is 6.01 Å². The van der Waals surface area contributed by atoms with Crippen LogP contribution in [0.15, 0.2) is 88.2 Å². The molecule has 0 atom stereocenters. The van der Waals surface area contributed by atoms with Gasteiger partial charge < -0.3 is 9.15 Å². The van der Waals surface area contributed by atoms with Gasteiger partial charge in [-0.15, -0.1) is 5.10 Å². The number of nitrogens with one attached hydrogen (secondary N) is 1. The van der Waals surface area contributed by atoms with Crippen molar-refractivity contribution in [2.24, 2.45) is 0 Å². The Morgan fingerprint density at radius 1 is 0.903 bits per heavy atom. The molecule has 9 heteroatoms. The molecule has 3 aromatic carbocycles. The van der Waals surface area contributed by atoms with Crippen LogP contribution in [0.5, 0.6) is 11.5 Å². The molecule has 0 saturated carbocycles. The molecule has 0 bridgehead atoms. The smallest absolute Gasteiger partial charge is 0.322 e. The van der Waals surface area contributed by atoms with Crippen LogP contribution in [0, 0.1) is 0 Å². The maximum Gasteiger partial charge on any atom is 0.322 e. The number of sulfone groups is 1. The molecule has 0 radical (unpaired) electrons. The molecule has 0 unspecified atom stereocenters. The maximum atomic E-state index is 12.6. The Hall–Kier alpha value is -3.98. The fourth-order valence-electron chi connectivity index (χ4n) is 2.74. The zero-order valence-corrected chi connectivity index (χ0v) is 17.2. The van der Waals surface area contributed by atoms with E-state index in [0.717, 1.165) is 6.26 Å². The van der Waals surface area contributed by atoms with Crippen LogP contribution in [0.3, 0.4) is 0 Å². The number of hydrogen-bond donors (Lipinski definition) is 1. The Bertz CT molecular complexity index is 1330. The van der Waals surface area contributed by atoms with E-state index in [2.05, 4.69) is 15.5 Å². The summed E-state index contributed by atoms with van der Waals surface area (Å²) in [7, 11) is -3.38. The number of amides is 1. The molecule has 0 fully saturated rings. The van der Waals surface area contributed by atoms with Gasteiger partial charge in [-0.1, -0.05) is 35.4 Å². The highest BCUT2D eigenvalue weighted by atomic mass is 32.2. The topological polar surface area (TPSA) is 111 Å². The summed E-state index contributed by atoms with van der Waals surface area (Å²) in [6, 6.07) is 21.9. The van der Waals surface area contributed by atoms with Gasteiger partial charge in [-0.2, -0.15) is 0 Å². The van der Waals surface area contributed by atoms with Crippen molar-refractivity contribution >= 4 is 21.8 Å². The van der Waals surface area contributed by atoms with Crippen LogP contribution in [0.2, 0.25) is 0 Å². The van der Waals surface area contributed by atoms with E-state index in [9.17, 15) is 13.2 Å². The summed E-state index contributed by atoms with van der Waals surface area (Å²) >= 11 is 0. The van der Waals surface area contributed by atoms with Crippen molar-refractivity contribution in [1.82, 2.24) is 10.2 Å². The Labute approximate surface area is 178 Å². The summed E-state index contributed by atoms with van der Waals surface area (Å²) in [5.74, 6) is 0.779. The highest BCUT2D eigenvalue weighted by Crippen LogP contribution is 2.24. The molecule has 0 aliphatic rings. The maximum absolute atomic E-state index is 12.6. The van der Waals surface area contributed by atoms with Gasteiger partial charge in [-0.3, -0.25) is 10.1 Å². The van der Waals surface area contributed by atoms with Crippen molar-refractivity contribution < 1.29 is 22.4 Å². The average molecular weight is 435 g/mol. The van der Waals surface area contributed by atoms with Gasteiger partial charge in [0.2, 0.25) is 5.89 Å². The van der Waals surface area contributed by atoms with E-state index in [4.69, 9.17) is 9.15 Å². The van der Waals surface area contributed by atoms with Gasteiger partial charge in [0, 0.05) is 17.4 Å². The first-order valence-corrected chi connectivity index (χ1v) is 11.1. The lowest BCUT2D eigenvalue weighted by molar-refractivity contribution is 0.102. The Morgan fingerprint density at radius 3 is 2.42 bits per heavy atom. The summed E-state index contributed by atoms with van der Waals surface area (Å²) in [6.07, 6.45) is 1.11. The first-order chi connectivity index (χ1) is 14.9. The Kier molecular flexibility index (Phi) is 5.50. The molecule has 1 aromatic heterocycles. The Morgan fingerprint density at radius 2 is 1.65 bits per heavy atom. The van der Waals surface area contributed by atoms with E-state index < -0.39 is 15.7 Å². The lowest BCUT2D eigenvalue weighted by Gasteiger charge is -2.07. The lowest BCUT2D eigenvalue weighted by atomic mass is 10.2. The lowest BCUT2D eigenvalue weighted by Crippen LogP contribution is -2.12. The predicted molar refractivity (Wildman–Crippen MR) is 114 cm³/mol. The number of benzene rings is 3. The molecule has 1 amide bonds. The molecular weight excluding hydrogens is 418 g/mol. The molecule has 1 heterocycles. The number of carbonyl (C=O) groups is 1. The molecule has 1 N–H and O–H groups in total. The van der Waals surface area contributed by atoms with Crippen LogP contribution in [0.1, 0.15) is 10.4 Å². The van der Waals surface area contributed by atoms with Crippen molar-refractivity contribution in [2.45, 2.75) is 4.90 Å². The molecule has 0 spiro atoms. The Balaban J connectivity index is 1.49. The van der Waals surface area contributed by atoms with Crippen LogP contribution in [-0.4, -0.2) is 30.8 Å². The minimum absolute atomic E-state index is 0.0851. The van der Waals surface area contributed by atoms with Gasteiger partial charge in [-0.05, 0) is 48.5 Å². The number of para-hydroxylation sites is 1. The molecule has 8 nitrogen and oxygen atoms in total. The van der Waals surface area contributed by atoms with Crippen LogP contribution < -0.4 is 10.1 Å². The molecule has 31 heavy (non-hydrogen) atoms. The number of nitrogens with zero attached hydrogens (tertiary/aromatic N) is 2. The highest BCUT2D eigenvalue weighted by Gasteiger charge is 2.15. The second-order valence-corrected chi connectivity index (χ2v) is 8.63. The summed E-state index contributed by atoms with van der Waals surface area (Å²) < 4.78 is 34.7. The first kappa shape index (κ1) is 20.3. The van der Waals surface area contributed by atoms with Crippen LogP contribution in [-0.2, 0) is 9.84 Å². The first-order valence-electron chi connectivity index (χ1n) is 9.17. The van der Waals surface area contributed by atoms with Crippen LogP contribution in [0.4, 0.5) is 6.01 Å². The molecule has 0 aliphatic heterocycles. The van der Waals surface area contributed by atoms with Gasteiger partial charge in [0.15, 0.2) is 9.84 Å². The highest BCUT2D eigenvalue weighted by molar-refractivity contribution is 7.90. The van der Waals surface area contributed by atoms with Crippen LogP contribution >= 0.6 is 0 Å². The van der Waals surface area contributed by atoms with Crippen molar-refractivity contribution in [2.75, 3.05) is 11.6 Å². The molecule has 0 aliphatic carbocycles. The summed E-state index contributed by atoms with van der Waals surface area (Å²) in [4.78, 5) is 12.7. The third kappa shape index (κ3) is 4.96. The number of hydrogen-bond acceptors (Lipinski definition) is 7. The van der Waals surface area contributed by atoms with Crippen LogP contribution in [0.25, 0.3) is 11.5 Å². The van der Waals surface area contributed by atoms with Gasteiger partial charge in [0.05, 0.1) is 4.90 Å². The standard InChI is InChI=1S/C22H17N3O5S/c1-31(27,28)19-12-6-8-16(14-19)21-24-25-22(30-21)23-20(26)15-7-5-11-18(13-15)29-17-9-3-2-4-10-17/h2-14H,1H3,(H,23,25,26). The minimum atomic E-state index is -3.38. The fourth-order valence-corrected chi connectivity index (χ4v) is 3.41. The third-order valence-electron chi connectivity index (χ3n) is 4.23. The van der Waals surface area contributed by atoms with Crippen molar-refractivity contribution in [1.29, 1.82) is 0 Å². The SMILES string of the molecule is CS(=O)(=O)c1cccc(-c2nnc(NC(=O)c3cccc(Oc4ccccc4)c3)o2)c1. The van der Waals surface area contributed by atoms with Gasteiger partial charge in [0.25, 0.3) is 5.91 Å². The second-order valence-electron chi connectivity index (χ2n) is 6.61. The minimum Gasteiger partial charge on any atom is -0.457 e. The summed E-state index contributed by atoms with van der Waals surface area (Å²) in [6.45, 7) is 0. The summed E-state index contributed by atoms with van der Waals surface area (Å²) in [5, 5.41) is 10.2. The quantitative estimate of drug-likeness (QED) is 0.483. The molecule has 4 rings (SSSR count). The molecular formula is C22H17N3O5S. The number of ether oxygens (including phenoxy) is 1. The molecule has 156 valence electrons. The number of anilines is 1. The zero-order valence-electron chi connectivity index (χ0n) is 16.3. The van der Waals surface area contributed by atoms with Gasteiger partial charge in [0.1, 0.15) is 11.5 Å². The zero-order chi connectivity index (χ0) is 21.8. The average Bonchev–Trinajstić information content (AvgIpc) is 3.23. The largest absolute Gasteiger partial charge is 0.457 e. The van der Waals surface area contributed by atoms with E-state index in [1.54, 1.807) is 36.4 Å². The van der Waals surface area contributed by atoms with Gasteiger partial charge in [-0.25, -0.2) is 8.42 Å². The van der Waals surface area contributed by atoms with Crippen molar-refractivity contribution in [3.05, 3.63) is 84.4 Å².